The first-order chi connectivity index (χ1) is 8.04. The number of carbonyl (C=O) groups is 1. The molecule has 0 spiro atoms. The predicted octanol–water partition coefficient (Wildman–Crippen LogP) is 2.61. The molecule has 3 N–H and O–H groups in total. The summed E-state index contributed by atoms with van der Waals surface area (Å²) in [5.74, 6) is 0.116. The lowest BCUT2D eigenvalue weighted by molar-refractivity contribution is -0.117. The van der Waals surface area contributed by atoms with Crippen LogP contribution >= 0.6 is 27.7 Å². The van der Waals surface area contributed by atoms with Crippen molar-refractivity contribution in [3.8, 4) is 0 Å². The SMILES string of the molecule is CSCC[C@H](N)C(=O)Nc1ccc(Br)c(F)c1. The Morgan fingerprint density at radius 3 is 2.94 bits per heavy atom. The third-order valence-corrected chi connectivity index (χ3v) is 3.44. The molecule has 0 aliphatic rings. The van der Waals surface area contributed by atoms with Crippen molar-refractivity contribution < 1.29 is 9.18 Å². The maximum atomic E-state index is 13.2. The van der Waals surface area contributed by atoms with Crippen molar-refractivity contribution >= 4 is 39.3 Å². The molecule has 1 aromatic carbocycles. The fourth-order valence-electron chi connectivity index (χ4n) is 1.18. The van der Waals surface area contributed by atoms with Crippen LogP contribution in [0.25, 0.3) is 0 Å². The smallest absolute Gasteiger partial charge is 0.241 e. The normalized spacial score (nSPS) is 12.2. The number of halogens is 2. The van der Waals surface area contributed by atoms with Crippen LogP contribution in [-0.2, 0) is 4.79 Å². The van der Waals surface area contributed by atoms with Gasteiger partial charge < -0.3 is 11.1 Å². The molecule has 0 heterocycles. The van der Waals surface area contributed by atoms with Crippen molar-refractivity contribution in [3.05, 3.63) is 28.5 Å². The van der Waals surface area contributed by atoms with Crippen LogP contribution in [0.5, 0.6) is 0 Å². The second-order valence-corrected chi connectivity index (χ2v) is 5.35. The van der Waals surface area contributed by atoms with Gasteiger partial charge in [0.25, 0.3) is 0 Å². The topological polar surface area (TPSA) is 55.1 Å². The molecule has 0 aromatic heterocycles. The summed E-state index contributed by atoms with van der Waals surface area (Å²) < 4.78 is 13.6. The number of hydrogen-bond donors (Lipinski definition) is 2. The molecule has 1 atom stereocenters. The van der Waals surface area contributed by atoms with Crippen LogP contribution in [0, 0.1) is 5.82 Å². The number of anilines is 1. The zero-order valence-corrected chi connectivity index (χ0v) is 11.8. The summed E-state index contributed by atoms with van der Waals surface area (Å²) in [5, 5.41) is 2.58. The molecule has 6 heteroatoms. The minimum atomic E-state index is -0.561. The summed E-state index contributed by atoms with van der Waals surface area (Å²) in [7, 11) is 0. The Morgan fingerprint density at radius 1 is 1.65 bits per heavy atom. The van der Waals surface area contributed by atoms with Gasteiger partial charge in [0, 0.05) is 5.69 Å². The Morgan fingerprint density at radius 2 is 2.35 bits per heavy atom. The van der Waals surface area contributed by atoms with Crippen LogP contribution in [0.3, 0.4) is 0 Å². The summed E-state index contributed by atoms with van der Waals surface area (Å²) in [6.07, 6.45) is 2.56. The Labute approximate surface area is 112 Å². The fraction of sp³-hybridized carbons (Fsp3) is 0.364. The first-order valence-electron chi connectivity index (χ1n) is 5.05. The van der Waals surface area contributed by atoms with Crippen molar-refractivity contribution in [1.82, 2.24) is 0 Å². The second-order valence-electron chi connectivity index (χ2n) is 3.51. The van der Waals surface area contributed by atoms with Gasteiger partial charge in [0.2, 0.25) is 5.91 Å². The molecule has 0 aliphatic heterocycles. The van der Waals surface area contributed by atoms with E-state index in [1.54, 1.807) is 23.9 Å². The summed E-state index contributed by atoms with van der Waals surface area (Å²) in [6, 6.07) is 3.85. The predicted molar refractivity (Wildman–Crippen MR) is 73.7 cm³/mol. The number of carbonyl (C=O) groups excluding carboxylic acids is 1. The molecular formula is C11H14BrFN2OS. The number of thioether (sulfide) groups is 1. The molecule has 1 aromatic rings. The zero-order valence-electron chi connectivity index (χ0n) is 9.37. The fourth-order valence-corrected chi connectivity index (χ4v) is 1.92. The van der Waals surface area contributed by atoms with Gasteiger partial charge in [-0.25, -0.2) is 4.39 Å². The van der Waals surface area contributed by atoms with Gasteiger partial charge in [-0.3, -0.25) is 4.79 Å². The van der Waals surface area contributed by atoms with E-state index in [4.69, 9.17) is 5.73 Å². The largest absolute Gasteiger partial charge is 0.325 e. The summed E-state index contributed by atoms with van der Waals surface area (Å²) in [6.45, 7) is 0. The third-order valence-electron chi connectivity index (χ3n) is 2.16. The van der Waals surface area contributed by atoms with Crippen molar-refractivity contribution in [2.24, 2.45) is 5.73 Å². The highest BCUT2D eigenvalue weighted by molar-refractivity contribution is 9.10. The Hall–Kier alpha value is -0.590. The van der Waals surface area contributed by atoms with Gasteiger partial charge in [-0.1, -0.05) is 0 Å². The average Bonchev–Trinajstić information content (AvgIpc) is 2.30. The van der Waals surface area contributed by atoms with Crippen molar-refractivity contribution in [1.29, 1.82) is 0 Å². The zero-order chi connectivity index (χ0) is 12.8. The molecule has 0 saturated carbocycles. The van der Waals surface area contributed by atoms with Gasteiger partial charge in [0.1, 0.15) is 5.82 Å². The van der Waals surface area contributed by atoms with Gasteiger partial charge in [-0.15, -0.1) is 0 Å². The maximum Gasteiger partial charge on any atom is 0.241 e. The molecule has 0 saturated heterocycles. The summed E-state index contributed by atoms with van der Waals surface area (Å²) in [5.41, 5.74) is 6.10. The van der Waals surface area contributed by atoms with E-state index in [9.17, 15) is 9.18 Å². The Balaban J connectivity index is 2.58. The minimum Gasteiger partial charge on any atom is -0.325 e. The van der Waals surface area contributed by atoms with Crippen molar-refractivity contribution in [3.63, 3.8) is 0 Å². The first-order valence-corrected chi connectivity index (χ1v) is 7.23. The van der Waals surface area contributed by atoms with Gasteiger partial charge in [0.15, 0.2) is 0 Å². The number of nitrogens with two attached hydrogens (primary N) is 1. The van der Waals surface area contributed by atoms with Gasteiger partial charge >= 0.3 is 0 Å². The third kappa shape index (κ3) is 4.65. The number of nitrogens with one attached hydrogen (secondary N) is 1. The number of hydrogen-bond acceptors (Lipinski definition) is 3. The molecule has 1 rings (SSSR count). The van der Waals surface area contributed by atoms with E-state index in [0.717, 1.165) is 5.75 Å². The lowest BCUT2D eigenvalue weighted by Gasteiger charge is -2.11. The first kappa shape index (κ1) is 14.5. The molecular weight excluding hydrogens is 307 g/mol. The van der Waals surface area contributed by atoms with E-state index in [0.29, 0.717) is 16.6 Å². The van der Waals surface area contributed by atoms with Crippen LogP contribution in [-0.4, -0.2) is 24.0 Å². The quantitative estimate of drug-likeness (QED) is 0.876. The molecule has 0 bridgehead atoms. The molecule has 0 unspecified atom stereocenters. The van der Waals surface area contributed by atoms with E-state index >= 15 is 0 Å². The molecule has 1 amide bonds. The number of rotatable bonds is 5. The second kappa shape index (κ2) is 6.98. The van der Waals surface area contributed by atoms with E-state index in [2.05, 4.69) is 21.2 Å². The summed E-state index contributed by atoms with van der Waals surface area (Å²) in [4.78, 5) is 11.6. The van der Waals surface area contributed by atoms with E-state index in [-0.39, 0.29) is 5.91 Å². The molecule has 0 fully saturated rings. The lowest BCUT2D eigenvalue weighted by Crippen LogP contribution is -2.36. The van der Waals surface area contributed by atoms with E-state index in [1.807, 2.05) is 6.26 Å². The van der Waals surface area contributed by atoms with E-state index < -0.39 is 11.9 Å². The van der Waals surface area contributed by atoms with Crippen molar-refractivity contribution in [2.75, 3.05) is 17.3 Å². The van der Waals surface area contributed by atoms with Crippen LogP contribution in [0.15, 0.2) is 22.7 Å². The molecule has 0 radical (unpaired) electrons. The van der Waals surface area contributed by atoms with Gasteiger partial charge in [-0.2, -0.15) is 11.8 Å². The molecule has 17 heavy (non-hydrogen) atoms. The van der Waals surface area contributed by atoms with Gasteiger partial charge in [0.05, 0.1) is 10.5 Å². The standard InChI is InChI=1S/C11H14BrFN2OS/c1-17-5-4-10(14)11(16)15-7-2-3-8(12)9(13)6-7/h2-3,6,10H,4-5,14H2,1H3,(H,15,16)/t10-/m0/s1. The monoisotopic (exact) mass is 320 g/mol. The summed E-state index contributed by atoms with van der Waals surface area (Å²) >= 11 is 4.68. The minimum absolute atomic E-state index is 0.291. The average molecular weight is 321 g/mol. The Kier molecular flexibility index (Phi) is 5.94. The highest BCUT2D eigenvalue weighted by atomic mass is 79.9. The maximum absolute atomic E-state index is 13.2. The van der Waals surface area contributed by atoms with Gasteiger partial charge in [-0.05, 0) is 52.6 Å². The Bertz CT molecular complexity index is 403. The highest BCUT2D eigenvalue weighted by Crippen LogP contribution is 2.19. The van der Waals surface area contributed by atoms with Crippen LogP contribution in [0.1, 0.15) is 6.42 Å². The molecule has 94 valence electrons. The van der Waals surface area contributed by atoms with Crippen LogP contribution in [0.4, 0.5) is 10.1 Å². The number of amides is 1. The van der Waals surface area contributed by atoms with E-state index in [1.165, 1.54) is 6.07 Å². The number of benzene rings is 1. The lowest BCUT2D eigenvalue weighted by atomic mass is 10.2. The molecule has 3 nitrogen and oxygen atoms in total. The molecule has 0 aliphatic carbocycles. The highest BCUT2D eigenvalue weighted by Gasteiger charge is 2.13. The van der Waals surface area contributed by atoms with Crippen LogP contribution in [0.2, 0.25) is 0 Å². The van der Waals surface area contributed by atoms with Crippen LogP contribution < -0.4 is 11.1 Å². The van der Waals surface area contributed by atoms with Crippen molar-refractivity contribution in [2.45, 2.75) is 12.5 Å².